The molecule has 0 aliphatic carbocycles. The van der Waals surface area contributed by atoms with Crippen molar-refractivity contribution in [1.29, 1.82) is 0 Å². The van der Waals surface area contributed by atoms with Gasteiger partial charge in [0.05, 0.1) is 0 Å². The Kier molecular flexibility index (Phi) is 4.32. The normalized spacial score (nSPS) is 14.1. The number of hydrogen-bond acceptors (Lipinski definition) is 3. The maximum Gasteiger partial charge on any atom is 0.481 e. The highest BCUT2D eigenvalue weighted by Crippen LogP contribution is 1.77. The van der Waals surface area contributed by atoms with E-state index in [1.165, 1.54) is 7.11 Å². The van der Waals surface area contributed by atoms with Crippen molar-refractivity contribution in [2.45, 2.75) is 6.92 Å². The Balaban J connectivity index is 2.83. The minimum Gasteiger partial charge on any atom is -0.392 e. The van der Waals surface area contributed by atoms with Crippen molar-refractivity contribution < 1.29 is 13.6 Å². The second kappa shape index (κ2) is 4.26. The second-order valence-electron chi connectivity index (χ2n) is 0.998. The highest BCUT2D eigenvalue weighted by atomic mass is 28.3. The fourth-order valence-electron chi connectivity index (χ4n) is 0.211. The Labute approximate surface area is 44.8 Å². The summed E-state index contributed by atoms with van der Waals surface area (Å²) in [7, 11) is -0.744. The summed E-state index contributed by atoms with van der Waals surface area (Å²) >= 11 is 0. The van der Waals surface area contributed by atoms with Crippen LogP contribution in [0.3, 0.4) is 0 Å². The highest BCUT2D eigenvalue weighted by Gasteiger charge is 2.01. The van der Waals surface area contributed by atoms with E-state index in [1.807, 2.05) is 6.92 Å². The Morgan fingerprint density at radius 3 is 2.43 bits per heavy atom. The summed E-state index contributed by atoms with van der Waals surface area (Å²) in [6.07, 6.45) is 0. The van der Waals surface area contributed by atoms with Gasteiger partial charge in [0.2, 0.25) is 0 Å². The summed E-state index contributed by atoms with van der Waals surface area (Å²) in [5, 5.41) is 0. The second-order valence-corrected chi connectivity index (χ2v) is 2.42. The molecule has 44 valence electrons. The van der Waals surface area contributed by atoms with Gasteiger partial charge in [-0.05, 0) is 6.92 Å². The van der Waals surface area contributed by atoms with E-state index in [0.717, 1.165) is 0 Å². The molecule has 0 saturated heterocycles. The molecule has 0 aromatic heterocycles. The van der Waals surface area contributed by atoms with Crippen LogP contribution in [0.4, 0.5) is 0 Å². The van der Waals surface area contributed by atoms with Crippen molar-refractivity contribution >= 4 is 9.53 Å². The molecule has 3 nitrogen and oxygen atoms in total. The molecule has 0 aliphatic heterocycles. The molecule has 0 bridgehead atoms. The van der Waals surface area contributed by atoms with Gasteiger partial charge in [0, 0.05) is 13.7 Å². The van der Waals surface area contributed by atoms with Gasteiger partial charge in [-0.2, -0.15) is 0 Å². The molecule has 0 amide bonds. The van der Waals surface area contributed by atoms with Crippen molar-refractivity contribution in [3.63, 3.8) is 0 Å². The quantitative estimate of drug-likeness (QED) is 0.507. The summed E-state index contributed by atoms with van der Waals surface area (Å²) in [5.74, 6) is 0. The zero-order valence-electron chi connectivity index (χ0n) is 4.55. The van der Waals surface area contributed by atoms with E-state index in [9.17, 15) is 0 Å². The maximum atomic E-state index is 8.55. The van der Waals surface area contributed by atoms with Gasteiger partial charge in [-0.1, -0.05) is 0 Å². The van der Waals surface area contributed by atoms with E-state index in [2.05, 4.69) is 8.85 Å². The lowest BCUT2D eigenvalue weighted by Gasteiger charge is -2.01. The average Bonchev–Trinajstić information content (AvgIpc) is 1.68. The van der Waals surface area contributed by atoms with Crippen LogP contribution in [-0.2, 0) is 8.85 Å². The first-order valence-electron chi connectivity index (χ1n) is 2.13. The summed E-state index contributed by atoms with van der Waals surface area (Å²) in [5.41, 5.74) is 0. The first-order valence-corrected chi connectivity index (χ1v) is 3.59. The molecule has 0 aliphatic rings. The Morgan fingerprint density at radius 1 is 1.71 bits per heavy atom. The van der Waals surface area contributed by atoms with Crippen LogP contribution < -0.4 is 0 Å². The lowest BCUT2D eigenvalue weighted by Crippen LogP contribution is -2.19. The summed E-state index contributed by atoms with van der Waals surface area (Å²) in [6, 6.07) is 0. The van der Waals surface area contributed by atoms with Gasteiger partial charge in [0.25, 0.3) is 0 Å². The van der Waals surface area contributed by atoms with E-state index >= 15 is 0 Å². The van der Waals surface area contributed by atoms with Gasteiger partial charge < -0.3 is 13.6 Å². The SMILES string of the molecule is CCO[SiH](O)OC. The van der Waals surface area contributed by atoms with E-state index in [-0.39, 0.29) is 0 Å². The fourth-order valence-corrected chi connectivity index (χ4v) is 0.632. The Morgan fingerprint density at radius 2 is 2.29 bits per heavy atom. The van der Waals surface area contributed by atoms with Crippen LogP contribution in [0.25, 0.3) is 0 Å². The van der Waals surface area contributed by atoms with Gasteiger partial charge in [-0.15, -0.1) is 0 Å². The smallest absolute Gasteiger partial charge is 0.392 e. The minimum absolute atomic E-state index is 0.529. The summed E-state index contributed by atoms with van der Waals surface area (Å²) in [6.45, 7) is 2.34. The summed E-state index contributed by atoms with van der Waals surface area (Å²) < 4.78 is 9.13. The molecule has 1 atom stereocenters. The molecule has 4 heteroatoms. The predicted molar refractivity (Wildman–Crippen MR) is 28.0 cm³/mol. The van der Waals surface area contributed by atoms with Gasteiger partial charge in [-0.25, -0.2) is 0 Å². The Hall–Kier alpha value is 0.0969. The van der Waals surface area contributed by atoms with Gasteiger partial charge >= 0.3 is 9.53 Å². The van der Waals surface area contributed by atoms with E-state index in [1.54, 1.807) is 0 Å². The molecule has 0 spiro atoms. The van der Waals surface area contributed by atoms with E-state index < -0.39 is 9.53 Å². The zero-order chi connectivity index (χ0) is 5.70. The van der Waals surface area contributed by atoms with Gasteiger partial charge in [0.1, 0.15) is 0 Å². The third-order valence-corrected chi connectivity index (χ3v) is 1.53. The van der Waals surface area contributed by atoms with E-state index in [0.29, 0.717) is 6.61 Å². The molecule has 0 radical (unpaired) electrons. The molecule has 0 saturated carbocycles. The number of rotatable bonds is 3. The molecule has 0 fully saturated rings. The predicted octanol–water partition coefficient (Wildman–Crippen LogP) is -0.621. The van der Waals surface area contributed by atoms with Crippen LogP contribution in [0.5, 0.6) is 0 Å². The third kappa shape index (κ3) is 3.94. The first-order chi connectivity index (χ1) is 3.31. The van der Waals surface area contributed by atoms with Gasteiger partial charge in [-0.3, -0.25) is 0 Å². The zero-order valence-corrected chi connectivity index (χ0v) is 5.70. The minimum atomic E-state index is -2.18. The fraction of sp³-hybridized carbons (Fsp3) is 1.00. The van der Waals surface area contributed by atoms with Crippen LogP contribution in [0.2, 0.25) is 0 Å². The first kappa shape index (κ1) is 7.10. The van der Waals surface area contributed by atoms with Crippen LogP contribution >= 0.6 is 0 Å². The molecule has 1 N–H and O–H groups in total. The van der Waals surface area contributed by atoms with E-state index in [4.69, 9.17) is 4.80 Å². The average molecular weight is 122 g/mol. The van der Waals surface area contributed by atoms with Crippen LogP contribution in [-0.4, -0.2) is 28.0 Å². The van der Waals surface area contributed by atoms with Crippen molar-refractivity contribution in [3.05, 3.63) is 0 Å². The molecular weight excluding hydrogens is 112 g/mol. The summed E-state index contributed by atoms with van der Waals surface area (Å²) in [4.78, 5) is 8.55. The van der Waals surface area contributed by atoms with Crippen molar-refractivity contribution in [3.8, 4) is 0 Å². The van der Waals surface area contributed by atoms with Crippen LogP contribution in [0.1, 0.15) is 6.92 Å². The number of hydrogen-bond donors (Lipinski definition) is 1. The third-order valence-electron chi connectivity index (χ3n) is 0.511. The molecule has 0 aromatic carbocycles. The molecule has 7 heavy (non-hydrogen) atoms. The van der Waals surface area contributed by atoms with Crippen molar-refractivity contribution in [1.82, 2.24) is 0 Å². The van der Waals surface area contributed by atoms with Crippen LogP contribution in [0, 0.1) is 0 Å². The molecule has 0 heterocycles. The van der Waals surface area contributed by atoms with Gasteiger partial charge in [0.15, 0.2) is 0 Å². The largest absolute Gasteiger partial charge is 0.481 e. The Bertz CT molecular complexity index is 41.2. The standard InChI is InChI=1S/C3H10O3Si/c1-3-6-7(4)5-2/h4,7H,3H2,1-2H3. The molecular formula is C3H10O3Si. The lowest BCUT2D eigenvalue weighted by molar-refractivity contribution is 0.167. The maximum absolute atomic E-state index is 8.55. The topological polar surface area (TPSA) is 38.7 Å². The van der Waals surface area contributed by atoms with Crippen molar-refractivity contribution in [2.75, 3.05) is 13.7 Å². The highest BCUT2D eigenvalue weighted by molar-refractivity contribution is 6.34. The molecule has 0 aromatic rings. The lowest BCUT2D eigenvalue weighted by atomic mass is 10.9. The molecule has 1 unspecified atom stereocenters. The monoisotopic (exact) mass is 122 g/mol. The van der Waals surface area contributed by atoms with Crippen molar-refractivity contribution in [2.24, 2.45) is 0 Å². The van der Waals surface area contributed by atoms with Crippen LogP contribution in [0.15, 0.2) is 0 Å². The molecule has 0 rings (SSSR count).